The molecule has 0 aliphatic heterocycles. The lowest BCUT2D eigenvalue weighted by atomic mass is 10.1. The van der Waals surface area contributed by atoms with Crippen molar-refractivity contribution in [2.45, 2.75) is 33.5 Å². The van der Waals surface area contributed by atoms with Crippen LogP contribution >= 0.6 is 24.0 Å². The van der Waals surface area contributed by atoms with Crippen LogP contribution in [0.25, 0.3) is 11.4 Å². The molecule has 31 heavy (non-hydrogen) atoms. The topological polar surface area (TPSA) is 87.2 Å². The Hall–Kier alpha value is -2.76. The van der Waals surface area contributed by atoms with Crippen LogP contribution in [0.15, 0.2) is 53.8 Å². The highest BCUT2D eigenvalue weighted by atomic mass is 127. The Kier molecular flexibility index (Phi) is 9.63. The van der Waals surface area contributed by atoms with E-state index in [9.17, 15) is 8.78 Å². The van der Waals surface area contributed by atoms with Gasteiger partial charge in [0.05, 0.1) is 6.54 Å². The molecule has 0 radical (unpaired) electrons. The fraction of sp³-hybridized carbons (Fsp3) is 0.286. The first-order chi connectivity index (χ1) is 14.5. The van der Waals surface area contributed by atoms with Gasteiger partial charge in [0.2, 0.25) is 0 Å². The molecule has 0 spiro atoms. The third-order valence-electron chi connectivity index (χ3n) is 4.26. The SMILES string of the molecule is CCNC(=NCc1cccc(-c2ncn[nH]2)c1)NCc1cc(C)ccc1OC(F)F.I. The molecular weight excluding hydrogens is 517 g/mol. The van der Waals surface area contributed by atoms with Crippen molar-refractivity contribution in [1.29, 1.82) is 0 Å². The van der Waals surface area contributed by atoms with E-state index in [-0.39, 0.29) is 29.7 Å². The summed E-state index contributed by atoms with van der Waals surface area (Å²) in [4.78, 5) is 8.75. The monoisotopic (exact) mass is 542 g/mol. The normalized spacial score (nSPS) is 11.2. The summed E-state index contributed by atoms with van der Waals surface area (Å²) in [6.45, 7) is 2.39. The van der Waals surface area contributed by atoms with Crippen LogP contribution in [0.4, 0.5) is 8.78 Å². The third kappa shape index (κ3) is 7.46. The second kappa shape index (κ2) is 12.2. The van der Waals surface area contributed by atoms with Crippen molar-refractivity contribution in [2.24, 2.45) is 4.99 Å². The molecule has 0 unspecified atom stereocenters. The molecule has 3 N–H and O–H groups in total. The number of halogens is 3. The first-order valence-electron chi connectivity index (χ1n) is 9.56. The number of alkyl halides is 2. The van der Waals surface area contributed by atoms with Gasteiger partial charge in [0.25, 0.3) is 0 Å². The van der Waals surface area contributed by atoms with Crippen molar-refractivity contribution in [1.82, 2.24) is 25.8 Å². The zero-order valence-corrected chi connectivity index (χ0v) is 19.6. The average molecular weight is 542 g/mol. The van der Waals surface area contributed by atoms with E-state index in [1.165, 1.54) is 6.33 Å². The number of benzene rings is 2. The highest BCUT2D eigenvalue weighted by Gasteiger charge is 2.10. The number of aromatic nitrogens is 3. The molecule has 3 aromatic rings. The Bertz CT molecular complexity index is 982. The fourth-order valence-corrected chi connectivity index (χ4v) is 2.91. The fourth-order valence-electron chi connectivity index (χ4n) is 2.91. The van der Waals surface area contributed by atoms with Gasteiger partial charge in [-0.15, -0.1) is 24.0 Å². The van der Waals surface area contributed by atoms with E-state index in [2.05, 4.69) is 35.5 Å². The summed E-state index contributed by atoms with van der Waals surface area (Å²) in [6, 6.07) is 12.9. The van der Waals surface area contributed by atoms with Crippen LogP contribution in [0.1, 0.15) is 23.6 Å². The average Bonchev–Trinajstić information content (AvgIpc) is 3.27. The number of guanidine groups is 1. The van der Waals surface area contributed by atoms with E-state index in [0.717, 1.165) is 16.7 Å². The Labute approximate surface area is 196 Å². The predicted octanol–water partition coefficient (Wildman–Crippen LogP) is 4.25. The maximum atomic E-state index is 12.7. The van der Waals surface area contributed by atoms with Crippen molar-refractivity contribution >= 4 is 29.9 Å². The second-order valence-electron chi connectivity index (χ2n) is 6.57. The maximum Gasteiger partial charge on any atom is 0.387 e. The number of nitrogens with zero attached hydrogens (tertiary/aromatic N) is 3. The van der Waals surface area contributed by atoms with Crippen molar-refractivity contribution in [2.75, 3.05) is 6.54 Å². The quantitative estimate of drug-likeness (QED) is 0.225. The Morgan fingerprint density at radius 2 is 2.03 bits per heavy atom. The number of aliphatic imine (C=N–C) groups is 1. The number of rotatable bonds is 8. The lowest BCUT2D eigenvalue weighted by molar-refractivity contribution is -0.0504. The predicted molar refractivity (Wildman–Crippen MR) is 127 cm³/mol. The van der Waals surface area contributed by atoms with Crippen LogP contribution in [0.3, 0.4) is 0 Å². The van der Waals surface area contributed by atoms with Gasteiger partial charge < -0.3 is 15.4 Å². The zero-order chi connectivity index (χ0) is 21.3. The van der Waals surface area contributed by atoms with Crippen molar-refractivity contribution in [3.8, 4) is 17.1 Å². The van der Waals surface area contributed by atoms with E-state index in [4.69, 9.17) is 0 Å². The largest absolute Gasteiger partial charge is 0.434 e. The van der Waals surface area contributed by atoms with Crippen molar-refractivity contribution in [3.05, 3.63) is 65.5 Å². The number of nitrogens with one attached hydrogen (secondary N) is 3. The zero-order valence-electron chi connectivity index (χ0n) is 17.2. The van der Waals surface area contributed by atoms with E-state index >= 15 is 0 Å². The molecule has 0 aliphatic carbocycles. The molecule has 0 fully saturated rings. The minimum absolute atomic E-state index is 0. The van der Waals surface area contributed by atoms with Crippen molar-refractivity contribution < 1.29 is 13.5 Å². The lowest BCUT2D eigenvalue weighted by Gasteiger charge is -2.15. The molecule has 7 nitrogen and oxygen atoms in total. The van der Waals surface area contributed by atoms with Crippen LogP contribution in [0.5, 0.6) is 5.75 Å². The number of hydrogen-bond donors (Lipinski definition) is 3. The molecule has 10 heteroatoms. The van der Waals surface area contributed by atoms with E-state index in [1.54, 1.807) is 12.1 Å². The van der Waals surface area contributed by atoms with Gasteiger partial charge in [-0.3, -0.25) is 5.10 Å². The lowest BCUT2D eigenvalue weighted by Crippen LogP contribution is -2.36. The summed E-state index contributed by atoms with van der Waals surface area (Å²) in [7, 11) is 0. The number of ether oxygens (including phenoxy) is 1. The molecule has 3 rings (SSSR count). The molecule has 1 heterocycles. The molecule has 0 atom stereocenters. The first kappa shape index (κ1) is 24.5. The minimum atomic E-state index is -2.87. The molecule has 0 aliphatic rings. The Morgan fingerprint density at radius 3 is 2.74 bits per heavy atom. The molecule has 2 aromatic carbocycles. The first-order valence-corrected chi connectivity index (χ1v) is 9.56. The van der Waals surface area contributed by atoms with E-state index in [0.29, 0.717) is 37.0 Å². The molecule has 1 aromatic heterocycles. The van der Waals surface area contributed by atoms with Gasteiger partial charge >= 0.3 is 6.61 Å². The van der Waals surface area contributed by atoms with E-state index < -0.39 is 6.61 Å². The van der Waals surface area contributed by atoms with Gasteiger partial charge in [0.15, 0.2) is 11.8 Å². The molecular formula is C21H25F2IN6O. The number of aromatic amines is 1. The van der Waals surface area contributed by atoms with Gasteiger partial charge in [-0.05, 0) is 31.5 Å². The van der Waals surface area contributed by atoms with Gasteiger partial charge in [-0.2, -0.15) is 13.9 Å². The van der Waals surface area contributed by atoms with E-state index in [1.807, 2.05) is 44.2 Å². The summed E-state index contributed by atoms with van der Waals surface area (Å²) in [5.41, 5.74) is 3.51. The minimum Gasteiger partial charge on any atom is -0.434 e. The summed E-state index contributed by atoms with van der Waals surface area (Å²) < 4.78 is 30.0. The van der Waals surface area contributed by atoms with Crippen LogP contribution < -0.4 is 15.4 Å². The van der Waals surface area contributed by atoms with Crippen LogP contribution in [-0.4, -0.2) is 34.3 Å². The highest BCUT2D eigenvalue weighted by Crippen LogP contribution is 2.22. The Morgan fingerprint density at radius 1 is 1.19 bits per heavy atom. The summed E-state index contributed by atoms with van der Waals surface area (Å²) >= 11 is 0. The molecule has 0 bridgehead atoms. The molecule has 166 valence electrons. The van der Waals surface area contributed by atoms with Gasteiger partial charge in [0.1, 0.15) is 12.1 Å². The second-order valence-corrected chi connectivity index (χ2v) is 6.57. The van der Waals surface area contributed by atoms with Gasteiger partial charge in [-0.1, -0.05) is 35.9 Å². The Balaban J connectivity index is 0.00000341. The maximum absolute atomic E-state index is 12.7. The molecule has 0 saturated carbocycles. The summed E-state index contributed by atoms with van der Waals surface area (Å²) in [6.07, 6.45) is 1.46. The van der Waals surface area contributed by atoms with Gasteiger partial charge in [-0.25, -0.2) is 9.98 Å². The third-order valence-corrected chi connectivity index (χ3v) is 4.26. The molecule has 0 amide bonds. The summed E-state index contributed by atoms with van der Waals surface area (Å²) in [5, 5.41) is 13.0. The van der Waals surface area contributed by atoms with Crippen LogP contribution in [0.2, 0.25) is 0 Å². The van der Waals surface area contributed by atoms with Crippen LogP contribution in [0, 0.1) is 6.92 Å². The number of hydrogen-bond acceptors (Lipinski definition) is 4. The van der Waals surface area contributed by atoms with Crippen molar-refractivity contribution in [3.63, 3.8) is 0 Å². The number of aryl methyl sites for hydroxylation is 1. The smallest absolute Gasteiger partial charge is 0.387 e. The summed E-state index contributed by atoms with van der Waals surface area (Å²) in [5.74, 6) is 1.42. The standard InChI is InChI=1S/C21H24F2N6O.HI/c1-3-24-21(26-12-17-9-14(2)7-8-18(17)30-20(22)23)25-11-15-5-4-6-16(10-15)19-27-13-28-29-19;/h4-10,13,20H,3,11-12H2,1-2H3,(H2,24,25,26)(H,27,28,29);1H. The number of H-pyrrole nitrogens is 1. The van der Waals surface area contributed by atoms with Gasteiger partial charge in [0, 0.05) is 24.2 Å². The van der Waals surface area contributed by atoms with Crippen LogP contribution in [-0.2, 0) is 13.1 Å². The molecule has 0 saturated heterocycles. The highest BCUT2D eigenvalue weighted by molar-refractivity contribution is 14.0.